The molecule has 2 aliphatic rings. The molecule has 2 unspecified atom stereocenters. The van der Waals surface area contributed by atoms with Crippen molar-refractivity contribution in [2.24, 2.45) is 0 Å². The van der Waals surface area contributed by atoms with Gasteiger partial charge in [0.15, 0.2) is 0 Å². The second-order valence-electron chi connectivity index (χ2n) is 15.0. The molecule has 0 spiro atoms. The summed E-state index contributed by atoms with van der Waals surface area (Å²) in [5.74, 6) is 0.421. The maximum Gasteiger partial charge on any atom is 0.0454 e. The predicted molar refractivity (Wildman–Crippen MR) is 238 cm³/mol. The van der Waals surface area contributed by atoms with Crippen LogP contribution in [0.25, 0.3) is 92.5 Å². The van der Waals surface area contributed by atoms with Crippen LogP contribution in [0.15, 0.2) is 199 Å². The van der Waals surface area contributed by atoms with Gasteiger partial charge in [0.1, 0.15) is 0 Å². The lowest BCUT2D eigenvalue weighted by Gasteiger charge is -2.24. The summed E-state index contributed by atoms with van der Waals surface area (Å²) < 4.78 is 0. The Labute approximate surface area is 324 Å². The van der Waals surface area contributed by atoms with Gasteiger partial charge in [-0.15, -0.1) is 11.8 Å². The van der Waals surface area contributed by atoms with E-state index in [4.69, 9.17) is 0 Å². The maximum absolute atomic E-state index is 2.49. The summed E-state index contributed by atoms with van der Waals surface area (Å²) in [6.07, 6.45) is 6.97. The minimum absolute atomic E-state index is 0.404. The van der Waals surface area contributed by atoms with Gasteiger partial charge in [-0.05, 0) is 116 Å². The third-order valence-electron chi connectivity index (χ3n) is 12.2. The van der Waals surface area contributed by atoms with Crippen LogP contribution in [-0.2, 0) is 0 Å². The lowest BCUT2D eigenvalue weighted by molar-refractivity contribution is 0.893. The molecule has 55 heavy (non-hydrogen) atoms. The summed E-state index contributed by atoms with van der Waals surface area (Å²) >= 11 is 2.01. The fourth-order valence-electron chi connectivity index (χ4n) is 9.86. The van der Waals surface area contributed by atoms with E-state index >= 15 is 0 Å². The van der Waals surface area contributed by atoms with Gasteiger partial charge in [-0.2, -0.15) is 0 Å². The topological polar surface area (TPSA) is 0 Å². The van der Waals surface area contributed by atoms with Crippen molar-refractivity contribution in [3.63, 3.8) is 0 Å². The summed E-state index contributed by atoms with van der Waals surface area (Å²) in [6, 6.07) is 65.8. The van der Waals surface area contributed by atoms with Crippen molar-refractivity contribution in [1.82, 2.24) is 0 Å². The molecule has 1 heterocycles. The summed E-state index contributed by atoms with van der Waals surface area (Å²) in [4.78, 5) is 1.41. The van der Waals surface area contributed by atoms with Gasteiger partial charge in [-0.25, -0.2) is 0 Å². The number of hydrogen-bond donors (Lipinski definition) is 0. The smallest absolute Gasteiger partial charge is 0.0454 e. The number of rotatable bonds is 3. The summed E-state index contributed by atoms with van der Waals surface area (Å²) in [5.41, 5.74) is 9.28. The molecular weight excluding hydrogens is 681 g/mol. The van der Waals surface area contributed by atoms with Crippen molar-refractivity contribution >= 4 is 82.0 Å². The molecule has 0 amide bonds. The van der Waals surface area contributed by atoms with Gasteiger partial charge in [0.25, 0.3) is 0 Å². The molecule has 0 fully saturated rings. The highest BCUT2D eigenvalue weighted by Crippen LogP contribution is 2.53. The zero-order valence-corrected chi connectivity index (χ0v) is 30.9. The Bertz CT molecular complexity index is 3230. The van der Waals surface area contributed by atoms with Crippen LogP contribution in [0.3, 0.4) is 0 Å². The molecule has 10 aromatic carbocycles. The Morgan fingerprint density at radius 2 is 0.855 bits per heavy atom. The van der Waals surface area contributed by atoms with Crippen molar-refractivity contribution in [3.8, 4) is 22.3 Å². The molecule has 0 radical (unpaired) electrons. The fourth-order valence-corrected chi connectivity index (χ4v) is 11.4. The Kier molecular flexibility index (Phi) is 6.79. The number of fused-ring (bicyclic) bond motifs is 13. The summed E-state index contributed by atoms with van der Waals surface area (Å²) in [6.45, 7) is 0. The standard InChI is InChI=1S/C54H34S/c1-2-16-38-36(14-1)37-15-3-5-19-41(37)52-42-20-6-4-17-39(42)49(32-48(38)52)53-45-23-9-7-21-43(45)51(44-22-8-10-24-46(44)53)34-30-28-33(29-31-34)35-25-13-26-47-40-18-11-12-27-50(40)55-54(35)47/h1-32,47,54H. The molecule has 2 atom stereocenters. The fraction of sp³-hybridized carbons (Fsp3) is 0.0370. The van der Waals surface area contributed by atoms with Gasteiger partial charge >= 0.3 is 0 Å². The van der Waals surface area contributed by atoms with Gasteiger partial charge in [0, 0.05) is 16.1 Å². The van der Waals surface area contributed by atoms with Crippen LogP contribution in [0.1, 0.15) is 17.0 Å². The van der Waals surface area contributed by atoms with Crippen LogP contribution in [0, 0.1) is 0 Å². The van der Waals surface area contributed by atoms with E-state index in [2.05, 4.69) is 194 Å². The van der Waals surface area contributed by atoms with E-state index in [9.17, 15) is 0 Å². The normalized spacial score (nSPS) is 16.3. The van der Waals surface area contributed by atoms with E-state index in [1.165, 1.54) is 108 Å². The second-order valence-corrected chi connectivity index (χ2v) is 16.2. The first-order chi connectivity index (χ1) is 27.3. The van der Waals surface area contributed by atoms with Gasteiger partial charge in [0.2, 0.25) is 0 Å². The van der Waals surface area contributed by atoms with Gasteiger partial charge in [0.05, 0.1) is 0 Å². The van der Waals surface area contributed by atoms with Gasteiger partial charge in [-0.1, -0.05) is 182 Å². The molecule has 256 valence electrons. The van der Waals surface area contributed by atoms with Crippen LogP contribution in [0.2, 0.25) is 0 Å². The predicted octanol–water partition coefficient (Wildman–Crippen LogP) is 15.2. The third kappa shape index (κ3) is 4.54. The van der Waals surface area contributed by atoms with Gasteiger partial charge < -0.3 is 0 Å². The first kappa shape index (κ1) is 31.0. The zero-order chi connectivity index (χ0) is 36.0. The highest BCUT2D eigenvalue weighted by molar-refractivity contribution is 8.00. The summed E-state index contributed by atoms with van der Waals surface area (Å²) in [5, 5.41) is 15.9. The molecule has 10 aromatic rings. The highest BCUT2D eigenvalue weighted by atomic mass is 32.2. The molecule has 0 N–H and O–H groups in total. The van der Waals surface area contributed by atoms with E-state index in [1.54, 1.807) is 0 Å². The highest BCUT2D eigenvalue weighted by Gasteiger charge is 2.35. The van der Waals surface area contributed by atoms with Crippen LogP contribution < -0.4 is 0 Å². The number of hydrogen-bond acceptors (Lipinski definition) is 1. The van der Waals surface area contributed by atoms with Crippen LogP contribution in [0.4, 0.5) is 0 Å². The monoisotopic (exact) mass is 714 g/mol. The quantitative estimate of drug-likeness (QED) is 0.130. The third-order valence-corrected chi connectivity index (χ3v) is 13.6. The lowest BCUT2D eigenvalue weighted by Crippen LogP contribution is -2.13. The van der Waals surface area contributed by atoms with Crippen LogP contribution >= 0.6 is 11.8 Å². The second kappa shape index (κ2) is 12.0. The van der Waals surface area contributed by atoms with E-state index in [0.717, 1.165) is 0 Å². The average Bonchev–Trinajstić information content (AvgIpc) is 3.64. The number of allylic oxidation sites excluding steroid dienone is 3. The molecule has 1 heteroatoms. The Morgan fingerprint density at radius 1 is 0.382 bits per heavy atom. The van der Waals surface area contributed by atoms with Crippen LogP contribution in [0.5, 0.6) is 0 Å². The van der Waals surface area contributed by atoms with Crippen LogP contribution in [-0.4, -0.2) is 5.25 Å². The van der Waals surface area contributed by atoms with Crippen molar-refractivity contribution < 1.29 is 0 Å². The molecule has 1 aliphatic carbocycles. The Morgan fingerprint density at radius 3 is 1.51 bits per heavy atom. The van der Waals surface area contributed by atoms with Gasteiger partial charge in [-0.3, -0.25) is 0 Å². The minimum atomic E-state index is 0.404. The largest absolute Gasteiger partial charge is 0.117 e. The van der Waals surface area contributed by atoms with E-state index in [-0.39, 0.29) is 0 Å². The minimum Gasteiger partial charge on any atom is -0.117 e. The Hall–Kier alpha value is -6.41. The average molecular weight is 715 g/mol. The first-order valence-corrected chi connectivity index (χ1v) is 20.1. The molecule has 12 rings (SSSR count). The van der Waals surface area contributed by atoms with Crippen molar-refractivity contribution in [3.05, 3.63) is 205 Å². The first-order valence-electron chi connectivity index (χ1n) is 19.3. The molecule has 0 bridgehead atoms. The van der Waals surface area contributed by atoms with Crippen molar-refractivity contribution in [2.75, 3.05) is 0 Å². The molecule has 0 nitrogen and oxygen atoms in total. The molecule has 0 saturated carbocycles. The zero-order valence-electron chi connectivity index (χ0n) is 30.0. The lowest BCUT2D eigenvalue weighted by atomic mass is 9.82. The van der Waals surface area contributed by atoms with Crippen molar-refractivity contribution in [1.29, 1.82) is 0 Å². The van der Waals surface area contributed by atoms with Crippen molar-refractivity contribution in [2.45, 2.75) is 16.1 Å². The maximum atomic E-state index is 2.49. The SMILES string of the molecule is C1=CC2c3ccccc3SC2C(c2ccc(-c3c4ccccc4c(-c4cc5c6ccccc6c6ccccc6c5c5ccccc45)c4ccccc34)cc2)=C1. The van der Waals surface area contributed by atoms with E-state index in [1.807, 2.05) is 11.8 Å². The molecule has 1 aliphatic heterocycles. The van der Waals surface area contributed by atoms with E-state index in [0.29, 0.717) is 11.2 Å². The van der Waals surface area contributed by atoms with E-state index < -0.39 is 0 Å². The molecule has 0 saturated heterocycles. The summed E-state index contributed by atoms with van der Waals surface area (Å²) in [7, 11) is 0. The number of benzene rings is 10. The number of thioether (sulfide) groups is 1. The Balaban J connectivity index is 1.09. The molecular formula is C54H34S. The molecule has 0 aromatic heterocycles.